The van der Waals surface area contributed by atoms with Crippen molar-refractivity contribution in [3.05, 3.63) is 0 Å². The SMILES string of the molecule is CC(=O)OCC(COC(C)=O)OCCCC(=O)CCCNC(=O)CON. The predicted molar refractivity (Wildman–Crippen MR) is 89.6 cm³/mol. The fourth-order valence-electron chi connectivity index (χ4n) is 1.85. The van der Waals surface area contributed by atoms with Crippen LogP contribution in [0.4, 0.5) is 0 Å². The Bertz CT molecular complexity index is 438. The molecule has 0 aliphatic heterocycles. The summed E-state index contributed by atoms with van der Waals surface area (Å²) in [5, 5.41) is 2.56. The van der Waals surface area contributed by atoms with Gasteiger partial charge in [-0.1, -0.05) is 0 Å². The first-order valence-electron chi connectivity index (χ1n) is 8.33. The van der Waals surface area contributed by atoms with Gasteiger partial charge in [0.2, 0.25) is 5.91 Å². The number of rotatable bonds is 15. The van der Waals surface area contributed by atoms with Crippen molar-refractivity contribution < 1.29 is 38.2 Å². The molecule has 0 saturated carbocycles. The number of Topliss-reactive ketones (excluding diaryl/α,β-unsaturated/α-hetero) is 1. The van der Waals surface area contributed by atoms with Gasteiger partial charge >= 0.3 is 11.9 Å². The summed E-state index contributed by atoms with van der Waals surface area (Å²) < 4.78 is 15.2. The molecule has 10 nitrogen and oxygen atoms in total. The van der Waals surface area contributed by atoms with Gasteiger partial charge in [0.05, 0.1) is 0 Å². The van der Waals surface area contributed by atoms with Gasteiger partial charge in [-0.3, -0.25) is 24.0 Å². The normalized spacial score (nSPS) is 10.5. The summed E-state index contributed by atoms with van der Waals surface area (Å²) >= 11 is 0. The lowest BCUT2D eigenvalue weighted by Crippen LogP contribution is -2.29. The number of nitrogens with two attached hydrogens (primary N) is 1. The van der Waals surface area contributed by atoms with Gasteiger partial charge in [0.15, 0.2) is 0 Å². The molecule has 0 atom stereocenters. The fourth-order valence-corrected chi connectivity index (χ4v) is 1.85. The number of carbonyl (C=O) groups excluding carboxylic acids is 4. The van der Waals surface area contributed by atoms with Crippen LogP contribution in [0.2, 0.25) is 0 Å². The third-order valence-electron chi connectivity index (χ3n) is 3.07. The second-order valence-corrected chi connectivity index (χ2v) is 5.50. The minimum absolute atomic E-state index is 0.0250. The molecule has 0 heterocycles. The van der Waals surface area contributed by atoms with E-state index in [-0.39, 0.29) is 38.1 Å². The molecule has 0 aliphatic carbocycles. The summed E-state index contributed by atoms with van der Waals surface area (Å²) in [5.74, 6) is 3.57. The fraction of sp³-hybridized carbons (Fsp3) is 0.750. The van der Waals surface area contributed by atoms with Gasteiger partial charge in [-0.15, -0.1) is 0 Å². The van der Waals surface area contributed by atoms with Gasteiger partial charge in [-0.25, -0.2) is 5.90 Å². The molecule has 0 aromatic heterocycles. The van der Waals surface area contributed by atoms with Crippen molar-refractivity contribution in [2.24, 2.45) is 5.90 Å². The van der Waals surface area contributed by atoms with E-state index in [1.165, 1.54) is 13.8 Å². The van der Waals surface area contributed by atoms with Crippen LogP contribution in [0.25, 0.3) is 0 Å². The maximum Gasteiger partial charge on any atom is 0.302 e. The van der Waals surface area contributed by atoms with Gasteiger partial charge in [0.1, 0.15) is 31.7 Å². The Labute approximate surface area is 152 Å². The van der Waals surface area contributed by atoms with Crippen LogP contribution < -0.4 is 11.2 Å². The topological polar surface area (TPSA) is 143 Å². The molecule has 0 radical (unpaired) electrons. The van der Waals surface area contributed by atoms with Crippen LogP contribution in [0.15, 0.2) is 0 Å². The Morgan fingerprint density at radius 2 is 1.54 bits per heavy atom. The molecule has 0 bridgehead atoms. The molecule has 0 aromatic rings. The predicted octanol–water partition coefficient (Wildman–Crippen LogP) is -0.366. The molecule has 150 valence electrons. The number of nitrogens with one attached hydrogen (secondary N) is 1. The Morgan fingerprint density at radius 3 is 2.08 bits per heavy atom. The molecule has 0 saturated heterocycles. The van der Waals surface area contributed by atoms with Crippen molar-refractivity contribution in [2.45, 2.75) is 45.6 Å². The minimum Gasteiger partial charge on any atom is -0.463 e. The van der Waals surface area contributed by atoms with E-state index in [1.807, 2.05) is 0 Å². The van der Waals surface area contributed by atoms with Crippen LogP contribution >= 0.6 is 0 Å². The zero-order chi connectivity index (χ0) is 19.8. The Balaban J connectivity index is 3.85. The summed E-state index contributed by atoms with van der Waals surface area (Å²) in [5.41, 5.74) is 0. The average molecular weight is 376 g/mol. The molecular formula is C16H28N2O8. The molecule has 0 aliphatic rings. The average Bonchev–Trinajstić information content (AvgIpc) is 2.57. The standard InChI is InChI=1S/C16H28N2O8/c1-12(19)24-9-15(10-25-13(2)20)23-8-4-6-14(21)5-3-7-18-16(22)11-26-17/h15H,3-11,17H2,1-2H3,(H,18,22). The van der Waals surface area contributed by atoms with Crippen LogP contribution in [0, 0.1) is 0 Å². The van der Waals surface area contributed by atoms with E-state index in [4.69, 9.17) is 20.1 Å². The van der Waals surface area contributed by atoms with Crippen LogP contribution in [0.5, 0.6) is 0 Å². The zero-order valence-electron chi connectivity index (χ0n) is 15.3. The van der Waals surface area contributed by atoms with Crippen molar-refractivity contribution in [2.75, 3.05) is 33.0 Å². The summed E-state index contributed by atoms with van der Waals surface area (Å²) in [6, 6.07) is 0. The highest BCUT2D eigenvalue weighted by Gasteiger charge is 2.13. The van der Waals surface area contributed by atoms with Crippen molar-refractivity contribution >= 4 is 23.6 Å². The summed E-state index contributed by atoms with van der Waals surface area (Å²) in [6.07, 6.45) is 1.11. The Kier molecular flexibility index (Phi) is 14.0. The molecule has 0 unspecified atom stereocenters. The van der Waals surface area contributed by atoms with Gasteiger partial charge < -0.3 is 19.5 Å². The number of amides is 1. The molecule has 26 heavy (non-hydrogen) atoms. The van der Waals surface area contributed by atoms with Gasteiger partial charge in [-0.05, 0) is 12.8 Å². The molecular weight excluding hydrogens is 348 g/mol. The molecule has 1 amide bonds. The van der Waals surface area contributed by atoms with E-state index < -0.39 is 18.0 Å². The third kappa shape index (κ3) is 15.5. The second kappa shape index (κ2) is 15.2. The van der Waals surface area contributed by atoms with Crippen molar-refractivity contribution in [3.63, 3.8) is 0 Å². The van der Waals surface area contributed by atoms with Crippen molar-refractivity contribution in [1.82, 2.24) is 5.32 Å². The van der Waals surface area contributed by atoms with Crippen LogP contribution in [0.1, 0.15) is 39.5 Å². The first-order valence-corrected chi connectivity index (χ1v) is 8.33. The monoisotopic (exact) mass is 376 g/mol. The van der Waals surface area contributed by atoms with Gasteiger partial charge in [0, 0.05) is 39.8 Å². The highest BCUT2D eigenvalue weighted by Crippen LogP contribution is 2.02. The van der Waals surface area contributed by atoms with Crippen molar-refractivity contribution in [1.29, 1.82) is 0 Å². The lowest BCUT2D eigenvalue weighted by atomic mass is 10.1. The summed E-state index contributed by atoms with van der Waals surface area (Å²) in [7, 11) is 0. The minimum atomic E-state index is -0.571. The van der Waals surface area contributed by atoms with Gasteiger partial charge in [0.25, 0.3) is 0 Å². The molecule has 10 heteroatoms. The largest absolute Gasteiger partial charge is 0.463 e. The van der Waals surface area contributed by atoms with E-state index in [1.54, 1.807) is 0 Å². The first kappa shape index (κ1) is 24.0. The van der Waals surface area contributed by atoms with E-state index in [0.717, 1.165) is 0 Å². The van der Waals surface area contributed by atoms with E-state index >= 15 is 0 Å². The maximum absolute atomic E-state index is 11.7. The maximum atomic E-state index is 11.7. The van der Waals surface area contributed by atoms with E-state index in [0.29, 0.717) is 32.2 Å². The lowest BCUT2D eigenvalue weighted by molar-refractivity contribution is -0.152. The molecule has 3 N–H and O–H groups in total. The Hall–Kier alpha value is -2.04. The quantitative estimate of drug-likeness (QED) is 0.222. The molecule has 0 spiro atoms. The van der Waals surface area contributed by atoms with Crippen LogP contribution in [-0.4, -0.2) is 62.7 Å². The van der Waals surface area contributed by atoms with Crippen LogP contribution in [0.3, 0.4) is 0 Å². The van der Waals surface area contributed by atoms with Crippen molar-refractivity contribution in [3.8, 4) is 0 Å². The first-order chi connectivity index (χ1) is 12.3. The Morgan fingerprint density at radius 1 is 0.962 bits per heavy atom. The smallest absolute Gasteiger partial charge is 0.302 e. The molecule has 0 aromatic carbocycles. The second-order valence-electron chi connectivity index (χ2n) is 5.50. The third-order valence-corrected chi connectivity index (χ3v) is 3.07. The highest BCUT2D eigenvalue weighted by atomic mass is 16.6. The number of esters is 2. The van der Waals surface area contributed by atoms with E-state index in [2.05, 4.69) is 10.2 Å². The number of carbonyl (C=O) groups is 4. The number of hydrogen-bond acceptors (Lipinski definition) is 9. The van der Waals surface area contributed by atoms with E-state index in [9.17, 15) is 19.2 Å². The van der Waals surface area contributed by atoms with Crippen LogP contribution in [-0.2, 0) is 38.2 Å². The summed E-state index contributed by atoms with van der Waals surface area (Å²) in [4.78, 5) is 48.7. The number of ether oxygens (including phenoxy) is 3. The zero-order valence-corrected chi connectivity index (χ0v) is 15.3. The molecule has 0 fully saturated rings. The molecule has 0 rings (SSSR count). The number of hydrogen-bond donors (Lipinski definition) is 2. The van der Waals surface area contributed by atoms with Gasteiger partial charge in [-0.2, -0.15) is 0 Å². The summed E-state index contributed by atoms with van der Waals surface area (Å²) in [6.45, 7) is 2.92. The highest BCUT2D eigenvalue weighted by molar-refractivity contribution is 5.79. The lowest BCUT2D eigenvalue weighted by Gasteiger charge is -2.17. The number of ketones is 1.